The highest BCUT2D eigenvalue weighted by molar-refractivity contribution is 5.98. The molecule has 2 N–H and O–H groups in total. The molecule has 1 aromatic rings. The van der Waals surface area contributed by atoms with Gasteiger partial charge in [-0.15, -0.1) is 0 Å². The van der Waals surface area contributed by atoms with Crippen molar-refractivity contribution in [2.75, 3.05) is 13.1 Å². The molecule has 3 amide bonds. The Kier molecular flexibility index (Phi) is 7.61. The molecule has 6 heteroatoms. The van der Waals surface area contributed by atoms with Crippen molar-refractivity contribution in [3.63, 3.8) is 0 Å². The summed E-state index contributed by atoms with van der Waals surface area (Å²) in [7, 11) is 0. The lowest BCUT2D eigenvalue weighted by Crippen LogP contribution is -2.55. The number of rotatable bonds is 6. The summed E-state index contributed by atoms with van der Waals surface area (Å²) >= 11 is 0. The van der Waals surface area contributed by atoms with Crippen LogP contribution in [0.1, 0.15) is 56.5 Å². The second-order valence-electron chi connectivity index (χ2n) is 8.15. The van der Waals surface area contributed by atoms with Gasteiger partial charge in [-0.3, -0.25) is 14.4 Å². The van der Waals surface area contributed by atoms with Gasteiger partial charge in [-0.2, -0.15) is 0 Å². The van der Waals surface area contributed by atoms with Gasteiger partial charge in [0.1, 0.15) is 6.04 Å². The summed E-state index contributed by atoms with van der Waals surface area (Å²) in [6.07, 6.45) is 1.39. The van der Waals surface area contributed by atoms with Gasteiger partial charge in [0.05, 0.1) is 0 Å². The topological polar surface area (TPSA) is 78.5 Å². The Morgan fingerprint density at radius 3 is 2.18 bits per heavy atom. The smallest absolute Gasteiger partial charge is 0.252 e. The van der Waals surface area contributed by atoms with Crippen molar-refractivity contribution in [3.8, 4) is 0 Å². The molecule has 0 bridgehead atoms. The Balaban J connectivity index is 2.16. The Bertz CT molecular complexity index is 709. The largest absolute Gasteiger partial charge is 0.352 e. The van der Waals surface area contributed by atoms with Crippen LogP contribution in [0, 0.1) is 18.8 Å². The summed E-state index contributed by atoms with van der Waals surface area (Å²) in [6, 6.07) is 6.77. The number of nitrogens with zero attached hydrogens (tertiary/aromatic N) is 1. The third kappa shape index (κ3) is 5.57. The highest BCUT2D eigenvalue weighted by atomic mass is 16.2. The molecule has 0 aliphatic carbocycles. The molecule has 0 unspecified atom stereocenters. The van der Waals surface area contributed by atoms with E-state index >= 15 is 0 Å². The maximum absolute atomic E-state index is 13.0. The molecule has 1 aliphatic heterocycles. The molecule has 1 aromatic carbocycles. The van der Waals surface area contributed by atoms with Gasteiger partial charge in [0.15, 0.2) is 0 Å². The van der Waals surface area contributed by atoms with Crippen LogP contribution < -0.4 is 10.6 Å². The van der Waals surface area contributed by atoms with Gasteiger partial charge in [-0.1, -0.05) is 32.0 Å². The van der Waals surface area contributed by atoms with Gasteiger partial charge in [0.25, 0.3) is 5.91 Å². The Hall–Kier alpha value is -2.37. The minimum absolute atomic E-state index is 0.00271. The van der Waals surface area contributed by atoms with Gasteiger partial charge < -0.3 is 15.5 Å². The van der Waals surface area contributed by atoms with Crippen molar-refractivity contribution in [2.45, 2.75) is 59.5 Å². The van der Waals surface area contributed by atoms with Crippen LogP contribution >= 0.6 is 0 Å². The Morgan fingerprint density at radius 1 is 1.04 bits per heavy atom. The minimum atomic E-state index is -0.609. The predicted molar refractivity (Wildman–Crippen MR) is 110 cm³/mol. The standard InChI is InChI=1S/C22H33N3O3/c1-14(2)16(4)23-22(28)20(18-10-12-25(13-11-18)17(5)26)24-21(27)19-9-7-6-8-15(19)3/h6-9,14,16,18,20H,10-13H2,1-5H3,(H,23,28)(H,24,27)/t16-,20+/m0/s1. The lowest BCUT2D eigenvalue weighted by Gasteiger charge is -2.36. The number of likely N-dealkylation sites (tertiary alicyclic amines) is 1. The molecule has 6 nitrogen and oxygen atoms in total. The van der Waals surface area contributed by atoms with E-state index in [-0.39, 0.29) is 29.7 Å². The van der Waals surface area contributed by atoms with E-state index in [1.54, 1.807) is 17.9 Å². The Morgan fingerprint density at radius 2 is 1.64 bits per heavy atom. The summed E-state index contributed by atoms with van der Waals surface area (Å²) < 4.78 is 0. The maximum Gasteiger partial charge on any atom is 0.252 e. The predicted octanol–water partition coefficient (Wildman–Crippen LogP) is 2.51. The van der Waals surface area contributed by atoms with Gasteiger partial charge in [-0.25, -0.2) is 0 Å². The molecule has 1 aliphatic rings. The van der Waals surface area contributed by atoms with E-state index in [9.17, 15) is 14.4 Å². The van der Waals surface area contributed by atoms with E-state index in [1.807, 2.05) is 32.0 Å². The molecule has 1 heterocycles. The van der Waals surface area contributed by atoms with Crippen molar-refractivity contribution in [1.82, 2.24) is 15.5 Å². The quantitative estimate of drug-likeness (QED) is 0.787. The molecule has 0 aromatic heterocycles. The van der Waals surface area contributed by atoms with Gasteiger partial charge in [0.2, 0.25) is 11.8 Å². The number of piperidine rings is 1. The Labute approximate surface area is 168 Å². The fourth-order valence-corrected chi connectivity index (χ4v) is 3.47. The summed E-state index contributed by atoms with van der Waals surface area (Å²) in [4.78, 5) is 39.3. The lowest BCUT2D eigenvalue weighted by molar-refractivity contribution is -0.130. The zero-order valence-electron chi connectivity index (χ0n) is 17.6. The number of nitrogens with one attached hydrogen (secondary N) is 2. The number of carbonyl (C=O) groups excluding carboxylic acids is 3. The minimum Gasteiger partial charge on any atom is -0.352 e. The average Bonchev–Trinajstić information content (AvgIpc) is 2.66. The number of hydrogen-bond acceptors (Lipinski definition) is 3. The molecule has 28 heavy (non-hydrogen) atoms. The van der Waals surface area contributed by atoms with Crippen molar-refractivity contribution in [3.05, 3.63) is 35.4 Å². The first kappa shape index (κ1) is 21.9. The summed E-state index contributed by atoms with van der Waals surface area (Å²) in [6.45, 7) is 10.8. The van der Waals surface area contributed by atoms with E-state index < -0.39 is 6.04 Å². The fraction of sp³-hybridized carbons (Fsp3) is 0.591. The highest BCUT2D eigenvalue weighted by Gasteiger charge is 2.34. The third-order valence-electron chi connectivity index (χ3n) is 5.79. The van der Waals surface area contributed by atoms with Gasteiger partial charge in [-0.05, 0) is 50.2 Å². The van der Waals surface area contributed by atoms with E-state index in [0.717, 1.165) is 5.56 Å². The first-order valence-electron chi connectivity index (χ1n) is 10.1. The van der Waals surface area contributed by atoms with Crippen LogP contribution in [0.15, 0.2) is 24.3 Å². The van der Waals surface area contributed by atoms with Gasteiger partial charge in [0, 0.05) is 31.6 Å². The molecular formula is C22H33N3O3. The van der Waals surface area contributed by atoms with Crippen LogP contribution in [0.4, 0.5) is 0 Å². The zero-order valence-corrected chi connectivity index (χ0v) is 17.6. The summed E-state index contributed by atoms with van der Waals surface area (Å²) in [5, 5.41) is 6.03. The third-order valence-corrected chi connectivity index (χ3v) is 5.79. The summed E-state index contributed by atoms with van der Waals surface area (Å²) in [5.74, 6) is -0.0233. The molecule has 1 saturated heterocycles. The summed E-state index contributed by atoms with van der Waals surface area (Å²) in [5.41, 5.74) is 1.46. The first-order valence-corrected chi connectivity index (χ1v) is 10.1. The van der Waals surface area contributed by atoms with E-state index in [1.165, 1.54) is 0 Å². The maximum atomic E-state index is 13.0. The average molecular weight is 388 g/mol. The number of aryl methyl sites for hydroxylation is 1. The number of amides is 3. The van der Waals surface area contributed by atoms with E-state index in [2.05, 4.69) is 24.5 Å². The van der Waals surface area contributed by atoms with Crippen LogP contribution in [0.2, 0.25) is 0 Å². The second kappa shape index (κ2) is 9.71. The number of hydrogen-bond donors (Lipinski definition) is 2. The van der Waals surface area contributed by atoms with Crippen molar-refractivity contribution < 1.29 is 14.4 Å². The molecule has 1 fully saturated rings. The van der Waals surface area contributed by atoms with Crippen LogP contribution in [0.3, 0.4) is 0 Å². The van der Waals surface area contributed by atoms with Crippen LogP contribution in [-0.4, -0.2) is 47.8 Å². The fourth-order valence-electron chi connectivity index (χ4n) is 3.47. The lowest BCUT2D eigenvalue weighted by atomic mass is 9.88. The SMILES string of the molecule is CC(=O)N1CCC([C@@H](NC(=O)c2ccccc2C)C(=O)N[C@@H](C)C(C)C)CC1. The molecule has 2 rings (SSSR count). The molecule has 0 radical (unpaired) electrons. The van der Waals surface area contributed by atoms with Gasteiger partial charge >= 0.3 is 0 Å². The molecule has 2 atom stereocenters. The second-order valence-corrected chi connectivity index (χ2v) is 8.15. The van der Waals surface area contributed by atoms with E-state index in [4.69, 9.17) is 0 Å². The zero-order chi connectivity index (χ0) is 20.8. The number of carbonyl (C=O) groups is 3. The normalized spacial score (nSPS) is 17.1. The molecule has 154 valence electrons. The monoisotopic (exact) mass is 387 g/mol. The molecule has 0 spiro atoms. The van der Waals surface area contributed by atoms with Crippen molar-refractivity contribution in [2.24, 2.45) is 11.8 Å². The number of benzene rings is 1. The van der Waals surface area contributed by atoms with Crippen molar-refractivity contribution >= 4 is 17.7 Å². The van der Waals surface area contributed by atoms with Crippen LogP contribution in [-0.2, 0) is 9.59 Å². The molecule has 0 saturated carbocycles. The van der Waals surface area contributed by atoms with Crippen LogP contribution in [0.5, 0.6) is 0 Å². The first-order chi connectivity index (χ1) is 13.2. The van der Waals surface area contributed by atoms with Crippen molar-refractivity contribution in [1.29, 1.82) is 0 Å². The van der Waals surface area contributed by atoms with E-state index in [0.29, 0.717) is 37.4 Å². The molecular weight excluding hydrogens is 354 g/mol. The van der Waals surface area contributed by atoms with Crippen LogP contribution in [0.25, 0.3) is 0 Å². The highest BCUT2D eigenvalue weighted by Crippen LogP contribution is 2.22.